The summed E-state index contributed by atoms with van der Waals surface area (Å²) in [5.74, 6) is -0.359. The van der Waals surface area contributed by atoms with Gasteiger partial charge >= 0.3 is 5.76 Å². The average molecular weight is 367 g/mol. The van der Waals surface area contributed by atoms with Crippen LogP contribution in [0.1, 0.15) is 5.56 Å². The first-order chi connectivity index (χ1) is 11.6. The molecular weight excluding hydrogens is 352 g/mol. The Morgan fingerprint density at radius 3 is 2.92 bits per heavy atom. The predicted octanol–water partition coefficient (Wildman–Crippen LogP) is 2.80. The predicted molar refractivity (Wildman–Crippen MR) is 91.2 cm³/mol. The average Bonchev–Trinajstić information content (AvgIpc) is 3.20. The van der Waals surface area contributed by atoms with E-state index in [1.807, 2.05) is 35.7 Å². The van der Waals surface area contributed by atoms with Gasteiger partial charge in [-0.3, -0.25) is 0 Å². The van der Waals surface area contributed by atoms with Gasteiger partial charge < -0.3 is 14.3 Å². The second-order valence-corrected chi connectivity index (χ2v) is 6.45. The maximum atomic E-state index is 11.8. The molecule has 0 bridgehead atoms. The Bertz CT molecular complexity index is 844. The second-order valence-electron chi connectivity index (χ2n) is 5.09. The lowest BCUT2D eigenvalue weighted by molar-refractivity contribution is 0.0178. The number of rotatable bonds is 7. The van der Waals surface area contributed by atoms with Crippen molar-refractivity contribution in [2.45, 2.75) is 19.3 Å². The minimum Gasteiger partial charge on any atom is -0.389 e. The van der Waals surface area contributed by atoms with E-state index in [-0.39, 0.29) is 25.6 Å². The number of aromatic nitrogens is 2. The molecule has 0 aliphatic rings. The van der Waals surface area contributed by atoms with E-state index in [1.54, 1.807) is 6.07 Å². The second kappa shape index (κ2) is 7.76. The van der Waals surface area contributed by atoms with Crippen LogP contribution < -0.4 is 5.76 Å². The minimum atomic E-state index is -0.883. The van der Waals surface area contributed by atoms with Gasteiger partial charge in [-0.1, -0.05) is 35.9 Å². The van der Waals surface area contributed by atoms with Gasteiger partial charge in [0.2, 0.25) is 0 Å². The molecule has 6 nitrogen and oxygen atoms in total. The summed E-state index contributed by atoms with van der Waals surface area (Å²) in [5.41, 5.74) is 0.838. The zero-order chi connectivity index (χ0) is 16.9. The number of aliphatic hydroxyl groups is 1. The lowest BCUT2D eigenvalue weighted by atomic mass is 10.2. The summed E-state index contributed by atoms with van der Waals surface area (Å²) in [4.78, 5) is 12.5. The maximum Gasteiger partial charge on any atom is 0.437 e. The molecule has 0 fully saturated rings. The SMILES string of the molecule is O=c1oc(-c2cccs2)nn1CC(O)COCc1ccccc1Cl. The minimum absolute atomic E-state index is 0.00374. The van der Waals surface area contributed by atoms with Crippen LogP contribution in [0.15, 0.2) is 51.0 Å². The van der Waals surface area contributed by atoms with Gasteiger partial charge in [0.1, 0.15) is 0 Å². The molecule has 0 saturated carbocycles. The number of halogens is 1. The monoisotopic (exact) mass is 366 g/mol. The van der Waals surface area contributed by atoms with E-state index in [0.29, 0.717) is 5.02 Å². The number of hydrogen-bond acceptors (Lipinski definition) is 6. The van der Waals surface area contributed by atoms with Gasteiger partial charge in [0, 0.05) is 5.02 Å². The third kappa shape index (κ3) is 4.12. The van der Waals surface area contributed by atoms with Crippen molar-refractivity contribution in [3.63, 3.8) is 0 Å². The summed E-state index contributed by atoms with van der Waals surface area (Å²) >= 11 is 7.45. The van der Waals surface area contributed by atoms with Gasteiger partial charge in [0.15, 0.2) is 0 Å². The van der Waals surface area contributed by atoms with Crippen molar-refractivity contribution in [1.82, 2.24) is 9.78 Å². The summed E-state index contributed by atoms with van der Waals surface area (Å²) in [6.07, 6.45) is -0.883. The Morgan fingerprint density at radius 2 is 2.17 bits per heavy atom. The van der Waals surface area contributed by atoms with Crippen molar-refractivity contribution in [2.24, 2.45) is 0 Å². The topological polar surface area (TPSA) is 77.5 Å². The van der Waals surface area contributed by atoms with E-state index >= 15 is 0 Å². The zero-order valence-electron chi connectivity index (χ0n) is 12.6. The summed E-state index contributed by atoms with van der Waals surface area (Å²) < 4.78 is 11.6. The normalized spacial score (nSPS) is 12.4. The molecule has 1 atom stereocenters. The molecule has 8 heteroatoms. The summed E-state index contributed by atoms with van der Waals surface area (Å²) in [6.45, 7) is 0.333. The van der Waals surface area contributed by atoms with Crippen LogP contribution in [0.3, 0.4) is 0 Å². The standard InChI is InChI=1S/C16H15ClN2O4S/c17-13-5-2-1-4-11(13)9-22-10-12(20)8-19-16(21)23-15(18-19)14-6-3-7-24-14/h1-7,12,20H,8-10H2. The smallest absolute Gasteiger partial charge is 0.389 e. The highest BCUT2D eigenvalue weighted by Crippen LogP contribution is 2.21. The molecule has 1 N–H and O–H groups in total. The van der Waals surface area contributed by atoms with Crippen LogP contribution in [0.2, 0.25) is 5.02 Å². The molecule has 3 aromatic rings. The van der Waals surface area contributed by atoms with E-state index in [0.717, 1.165) is 15.1 Å². The molecule has 0 radical (unpaired) electrons. The van der Waals surface area contributed by atoms with E-state index < -0.39 is 11.9 Å². The molecule has 2 heterocycles. The Kier molecular flexibility index (Phi) is 5.47. The highest BCUT2D eigenvalue weighted by molar-refractivity contribution is 7.13. The van der Waals surface area contributed by atoms with Crippen LogP contribution in [0.4, 0.5) is 0 Å². The first-order valence-electron chi connectivity index (χ1n) is 7.24. The van der Waals surface area contributed by atoms with Crippen molar-refractivity contribution < 1.29 is 14.3 Å². The molecule has 3 rings (SSSR count). The van der Waals surface area contributed by atoms with Crippen LogP contribution in [0.25, 0.3) is 10.8 Å². The quantitative estimate of drug-likeness (QED) is 0.695. The Balaban J connectivity index is 1.55. The highest BCUT2D eigenvalue weighted by Gasteiger charge is 2.14. The molecule has 24 heavy (non-hydrogen) atoms. The lowest BCUT2D eigenvalue weighted by Crippen LogP contribution is -2.28. The lowest BCUT2D eigenvalue weighted by Gasteiger charge is -2.11. The van der Waals surface area contributed by atoms with E-state index in [2.05, 4.69) is 5.10 Å². The van der Waals surface area contributed by atoms with Gasteiger partial charge in [0.05, 0.1) is 30.7 Å². The van der Waals surface area contributed by atoms with Crippen LogP contribution in [0.5, 0.6) is 0 Å². The van der Waals surface area contributed by atoms with E-state index in [4.69, 9.17) is 20.8 Å². The maximum absolute atomic E-state index is 11.8. The number of hydrogen-bond donors (Lipinski definition) is 1. The molecule has 1 unspecified atom stereocenters. The Morgan fingerprint density at radius 1 is 1.33 bits per heavy atom. The Labute approximate surface area is 146 Å². The van der Waals surface area contributed by atoms with Gasteiger partial charge in [-0.2, -0.15) is 4.68 Å². The third-order valence-corrected chi connectivity index (χ3v) is 4.47. The van der Waals surface area contributed by atoms with Crippen LogP contribution in [-0.4, -0.2) is 27.6 Å². The van der Waals surface area contributed by atoms with E-state index in [9.17, 15) is 9.90 Å². The van der Waals surface area contributed by atoms with Crippen molar-refractivity contribution in [1.29, 1.82) is 0 Å². The molecule has 0 spiro atoms. The molecule has 0 aliphatic carbocycles. The molecule has 0 saturated heterocycles. The zero-order valence-corrected chi connectivity index (χ0v) is 14.2. The summed E-state index contributed by atoms with van der Waals surface area (Å²) in [5, 5.41) is 16.6. The number of ether oxygens (including phenoxy) is 1. The molecule has 126 valence electrons. The number of benzene rings is 1. The van der Waals surface area contributed by atoms with Crippen molar-refractivity contribution in [3.05, 3.63) is 62.9 Å². The molecule has 1 aromatic carbocycles. The number of thiophene rings is 1. The molecule has 0 amide bonds. The van der Waals surface area contributed by atoms with Gasteiger partial charge in [0.25, 0.3) is 5.89 Å². The Hall–Kier alpha value is -1.93. The van der Waals surface area contributed by atoms with Crippen molar-refractivity contribution in [3.8, 4) is 10.8 Å². The first-order valence-corrected chi connectivity index (χ1v) is 8.50. The van der Waals surface area contributed by atoms with Crippen LogP contribution in [-0.2, 0) is 17.9 Å². The van der Waals surface area contributed by atoms with Crippen LogP contribution >= 0.6 is 22.9 Å². The number of aliphatic hydroxyl groups excluding tert-OH is 1. The van der Waals surface area contributed by atoms with Gasteiger partial charge in [-0.25, -0.2) is 4.79 Å². The largest absolute Gasteiger partial charge is 0.437 e. The highest BCUT2D eigenvalue weighted by atomic mass is 35.5. The first kappa shape index (κ1) is 16.9. The fourth-order valence-corrected chi connectivity index (χ4v) is 2.93. The molecular formula is C16H15ClN2O4S. The fraction of sp³-hybridized carbons (Fsp3) is 0.250. The fourth-order valence-electron chi connectivity index (χ4n) is 2.09. The number of nitrogens with zero attached hydrogens (tertiary/aromatic N) is 2. The molecule has 0 aliphatic heterocycles. The van der Waals surface area contributed by atoms with Crippen LogP contribution in [0, 0.1) is 0 Å². The summed E-state index contributed by atoms with van der Waals surface area (Å²) in [6, 6.07) is 11.0. The molecule has 2 aromatic heterocycles. The van der Waals surface area contributed by atoms with Crippen molar-refractivity contribution in [2.75, 3.05) is 6.61 Å². The van der Waals surface area contributed by atoms with E-state index in [1.165, 1.54) is 11.3 Å². The van der Waals surface area contributed by atoms with Gasteiger partial charge in [-0.15, -0.1) is 16.4 Å². The van der Waals surface area contributed by atoms with Gasteiger partial charge in [-0.05, 0) is 23.1 Å². The summed E-state index contributed by atoms with van der Waals surface area (Å²) in [7, 11) is 0. The third-order valence-electron chi connectivity index (χ3n) is 3.25. The van der Waals surface area contributed by atoms with Crippen molar-refractivity contribution >= 4 is 22.9 Å².